The van der Waals surface area contributed by atoms with Crippen LogP contribution in [-0.4, -0.2) is 11.9 Å². The zero-order chi connectivity index (χ0) is 23.5. The summed E-state index contributed by atoms with van der Waals surface area (Å²) in [6.45, 7) is 12.3. The highest BCUT2D eigenvalue weighted by Crippen LogP contribution is 2.28. The monoisotopic (exact) mass is 430 g/mol. The van der Waals surface area contributed by atoms with Crippen LogP contribution in [0.3, 0.4) is 0 Å². The molecule has 0 N–H and O–H groups in total. The first kappa shape index (κ1) is 23.3. The number of hydrogen-bond acceptors (Lipinski definition) is 4. The average molecular weight is 431 g/mol. The minimum Gasteiger partial charge on any atom is -0.457 e. The average Bonchev–Trinajstić information content (AvgIpc) is 2.72. The quantitative estimate of drug-likeness (QED) is 0.340. The van der Waals surface area contributed by atoms with E-state index in [1.165, 1.54) is 12.5 Å². The second-order valence-electron chi connectivity index (χ2n) is 9.11. The van der Waals surface area contributed by atoms with Crippen LogP contribution in [0.1, 0.15) is 60.3 Å². The molecule has 0 radical (unpaired) electrons. The lowest BCUT2D eigenvalue weighted by molar-refractivity contribution is -0.131. The molecular formula is C28H30O4. The van der Waals surface area contributed by atoms with E-state index in [4.69, 9.17) is 9.47 Å². The van der Waals surface area contributed by atoms with Crippen LogP contribution in [-0.2, 0) is 21.6 Å². The molecule has 0 bridgehead atoms. The van der Waals surface area contributed by atoms with Crippen LogP contribution in [0.2, 0.25) is 0 Å². The fourth-order valence-corrected chi connectivity index (χ4v) is 3.56. The van der Waals surface area contributed by atoms with Gasteiger partial charge in [-0.15, -0.1) is 0 Å². The zero-order valence-electron chi connectivity index (χ0n) is 19.6. The van der Waals surface area contributed by atoms with Gasteiger partial charge in [0.2, 0.25) is 0 Å². The Morgan fingerprint density at radius 1 is 0.812 bits per heavy atom. The second kappa shape index (κ2) is 9.39. The maximum atomic E-state index is 12.6. The van der Waals surface area contributed by atoms with E-state index >= 15 is 0 Å². The lowest BCUT2D eigenvalue weighted by Gasteiger charge is -2.22. The number of carbonyl (C=O) groups is 2. The van der Waals surface area contributed by atoms with Gasteiger partial charge in [0.25, 0.3) is 0 Å². The van der Waals surface area contributed by atoms with Crippen LogP contribution in [0.15, 0.2) is 60.7 Å². The van der Waals surface area contributed by atoms with Crippen molar-refractivity contribution < 1.29 is 19.1 Å². The Hall–Kier alpha value is -3.40. The number of carbonyl (C=O) groups excluding carboxylic acids is 2. The molecule has 0 spiro atoms. The van der Waals surface area contributed by atoms with Crippen molar-refractivity contribution >= 4 is 11.9 Å². The van der Waals surface area contributed by atoms with Gasteiger partial charge in [-0.3, -0.25) is 4.79 Å². The summed E-state index contributed by atoms with van der Waals surface area (Å²) in [7, 11) is 0. The number of aryl methyl sites for hydroxylation is 2. The molecule has 0 atom stereocenters. The smallest absolute Gasteiger partial charge is 0.338 e. The normalized spacial score (nSPS) is 11.2. The summed E-state index contributed by atoms with van der Waals surface area (Å²) < 4.78 is 10.7. The van der Waals surface area contributed by atoms with E-state index < -0.39 is 0 Å². The zero-order valence-corrected chi connectivity index (χ0v) is 19.6. The number of rotatable bonds is 5. The summed E-state index contributed by atoms with van der Waals surface area (Å²) in [6, 6.07) is 18.9. The van der Waals surface area contributed by atoms with Crippen molar-refractivity contribution in [1.82, 2.24) is 0 Å². The molecule has 0 amide bonds. The maximum Gasteiger partial charge on any atom is 0.338 e. The van der Waals surface area contributed by atoms with Gasteiger partial charge >= 0.3 is 11.9 Å². The maximum absolute atomic E-state index is 12.6. The topological polar surface area (TPSA) is 52.6 Å². The van der Waals surface area contributed by atoms with Gasteiger partial charge in [-0.2, -0.15) is 0 Å². The third-order valence-electron chi connectivity index (χ3n) is 5.48. The molecule has 0 aliphatic rings. The van der Waals surface area contributed by atoms with Crippen LogP contribution in [0, 0.1) is 13.8 Å². The van der Waals surface area contributed by atoms with Crippen LogP contribution >= 0.6 is 0 Å². The fraction of sp³-hybridized carbons (Fsp3) is 0.286. The largest absolute Gasteiger partial charge is 0.457 e. The molecule has 0 saturated carbocycles. The molecule has 3 aromatic rings. The molecule has 166 valence electrons. The van der Waals surface area contributed by atoms with E-state index in [9.17, 15) is 9.59 Å². The minimum absolute atomic E-state index is 0.0766. The standard InChI is InChI=1S/C28H30O4/c1-18-15-24(28(4,5)6)16-19(2)26(18)17-31-27(30)23-9-7-21(8-10-23)22-11-13-25(14-12-22)32-20(3)29/h7-16H,17H2,1-6H3. The highest BCUT2D eigenvalue weighted by atomic mass is 16.5. The first-order valence-corrected chi connectivity index (χ1v) is 10.7. The van der Waals surface area contributed by atoms with Gasteiger partial charge in [0.15, 0.2) is 0 Å². The van der Waals surface area contributed by atoms with E-state index in [0.717, 1.165) is 27.8 Å². The summed E-state index contributed by atoms with van der Waals surface area (Å²) >= 11 is 0. The van der Waals surface area contributed by atoms with Crippen molar-refractivity contribution in [1.29, 1.82) is 0 Å². The van der Waals surface area contributed by atoms with Gasteiger partial charge in [0, 0.05) is 6.92 Å². The van der Waals surface area contributed by atoms with Gasteiger partial charge in [0.1, 0.15) is 12.4 Å². The van der Waals surface area contributed by atoms with E-state index in [-0.39, 0.29) is 24.0 Å². The minimum atomic E-state index is -0.351. The number of ether oxygens (including phenoxy) is 2. The van der Waals surface area contributed by atoms with Gasteiger partial charge in [0.05, 0.1) is 5.56 Å². The summed E-state index contributed by atoms with van der Waals surface area (Å²) in [4.78, 5) is 23.6. The Bertz CT molecular complexity index is 1090. The molecular weight excluding hydrogens is 400 g/mol. The first-order valence-electron chi connectivity index (χ1n) is 10.7. The van der Waals surface area contributed by atoms with E-state index in [1.54, 1.807) is 24.3 Å². The Kier molecular flexibility index (Phi) is 6.83. The van der Waals surface area contributed by atoms with E-state index in [2.05, 4.69) is 46.8 Å². The number of esters is 2. The predicted molar refractivity (Wildman–Crippen MR) is 127 cm³/mol. The molecule has 4 heteroatoms. The van der Waals surface area contributed by atoms with Crippen LogP contribution in [0.4, 0.5) is 0 Å². The molecule has 0 aromatic heterocycles. The molecule has 0 aliphatic heterocycles. The van der Waals surface area contributed by atoms with Crippen molar-refractivity contribution in [3.05, 3.63) is 88.5 Å². The summed E-state index contributed by atoms with van der Waals surface area (Å²) in [5, 5.41) is 0. The van der Waals surface area contributed by atoms with E-state index in [1.807, 2.05) is 24.3 Å². The van der Waals surface area contributed by atoms with Crippen LogP contribution in [0.25, 0.3) is 11.1 Å². The van der Waals surface area contributed by atoms with Crippen molar-refractivity contribution in [3.8, 4) is 16.9 Å². The Morgan fingerprint density at radius 2 is 1.31 bits per heavy atom. The molecule has 32 heavy (non-hydrogen) atoms. The molecule has 4 nitrogen and oxygen atoms in total. The van der Waals surface area contributed by atoms with Crippen molar-refractivity contribution in [2.24, 2.45) is 0 Å². The summed E-state index contributed by atoms with van der Waals surface area (Å²) in [5.41, 5.74) is 7.10. The molecule has 0 saturated heterocycles. The molecule has 3 rings (SSSR count). The van der Waals surface area contributed by atoms with Gasteiger partial charge in [-0.25, -0.2) is 4.79 Å². The van der Waals surface area contributed by atoms with Crippen LogP contribution in [0.5, 0.6) is 5.75 Å². The van der Waals surface area contributed by atoms with Crippen LogP contribution < -0.4 is 4.74 Å². The third kappa shape index (κ3) is 5.64. The lowest BCUT2D eigenvalue weighted by atomic mass is 9.84. The van der Waals surface area contributed by atoms with Gasteiger partial charge in [-0.05, 0) is 76.9 Å². The van der Waals surface area contributed by atoms with Crippen molar-refractivity contribution in [2.75, 3.05) is 0 Å². The molecule has 0 aliphatic carbocycles. The fourth-order valence-electron chi connectivity index (χ4n) is 3.56. The van der Waals surface area contributed by atoms with Gasteiger partial charge in [-0.1, -0.05) is 57.2 Å². The SMILES string of the molecule is CC(=O)Oc1ccc(-c2ccc(C(=O)OCc3c(C)cc(C(C)(C)C)cc3C)cc2)cc1. The summed E-state index contributed by atoms with van der Waals surface area (Å²) in [6.07, 6.45) is 0. The van der Waals surface area contributed by atoms with Crippen molar-refractivity contribution in [3.63, 3.8) is 0 Å². The highest BCUT2D eigenvalue weighted by Gasteiger charge is 2.17. The van der Waals surface area contributed by atoms with E-state index in [0.29, 0.717) is 11.3 Å². The lowest BCUT2D eigenvalue weighted by Crippen LogP contribution is -2.13. The predicted octanol–water partition coefficient (Wildman–Crippen LogP) is 6.55. The third-order valence-corrected chi connectivity index (χ3v) is 5.48. The number of benzene rings is 3. The molecule has 3 aromatic carbocycles. The second-order valence-corrected chi connectivity index (χ2v) is 9.11. The molecule has 0 heterocycles. The highest BCUT2D eigenvalue weighted by molar-refractivity contribution is 5.90. The summed E-state index contributed by atoms with van der Waals surface area (Å²) in [5.74, 6) is -0.195. The Morgan fingerprint density at radius 3 is 1.78 bits per heavy atom. The molecule has 0 unspecified atom stereocenters. The molecule has 0 fully saturated rings. The van der Waals surface area contributed by atoms with Crippen molar-refractivity contribution in [2.45, 2.75) is 53.6 Å². The Labute approximate surface area is 190 Å². The Balaban J connectivity index is 1.67. The number of hydrogen-bond donors (Lipinski definition) is 0. The first-order chi connectivity index (χ1) is 15.0. The van der Waals surface area contributed by atoms with Gasteiger partial charge < -0.3 is 9.47 Å².